The van der Waals surface area contributed by atoms with E-state index in [9.17, 15) is 49.9 Å². The quantitative estimate of drug-likeness (QED) is 0.473. The number of nitrogens with zero attached hydrogens (tertiary/aromatic N) is 1. The zero-order valence-electron chi connectivity index (χ0n) is 18.7. The Morgan fingerprint density at radius 2 is 1.68 bits per heavy atom. The van der Waals surface area contributed by atoms with Gasteiger partial charge in [0.15, 0.2) is 9.84 Å². The fourth-order valence-corrected chi connectivity index (χ4v) is 5.99. The molecule has 4 rings (SSSR count). The molecule has 0 aromatic heterocycles. The second-order valence-corrected chi connectivity index (χ2v) is 11.1. The third-order valence-corrected chi connectivity index (χ3v) is 8.40. The lowest BCUT2D eigenvalue weighted by atomic mass is 9.92. The molecule has 1 atom stereocenters. The number of aliphatic hydroxyl groups is 1. The molecule has 2 aromatic rings. The molecule has 3 N–H and O–H groups in total. The van der Waals surface area contributed by atoms with E-state index in [-0.39, 0.29) is 22.9 Å². The van der Waals surface area contributed by atoms with Crippen LogP contribution in [-0.4, -0.2) is 37.5 Å². The number of nitrogens with one attached hydrogen (secondary N) is 2. The first kappa shape index (κ1) is 26.9. The smallest absolute Gasteiger partial charge is 0.369 e. The summed E-state index contributed by atoms with van der Waals surface area (Å²) < 4.78 is 104. The predicted molar refractivity (Wildman–Crippen MR) is 116 cm³/mol. The van der Waals surface area contributed by atoms with Gasteiger partial charge >= 0.3 is 12.4 Å². The Hall–Kier alpha value is -3.15. The van der Waals surface area contributed by atoms with Gasteiger partial charge in [-0.15, -0.1) is 0 Å². The Morgan fingerprint density at radius 1 is 1.08 bits per heavy atom. The van der Waals surface area contributed by atoms with E-state index in [0.29, 0.717) is 36.1 Å². The largest absolute Gasteiger partial charge is 0.430 e. The average molecular weight is 547 g/mol. The highest BCUT2D eigenvalue weighted by atomic mass is 32.2. The zero-order chi connectivity index (χ0) is 27.4. The number of halogens is 6. The van der Waals surface area contributed by atoms with Crippen molar-refractivity contribution in [3.05, 3.63) is 59.2 Å². The van der Waals surface area contributed by atoms with Crippen molar-refractivity contribution in [2.45, 2.75) is 48.3 Å². The van der Waals surface area contributed by atoms with Crippen LogP contribution in [0.1, 0.15) is 35.6 Å². The number of rotatable bonds is 6. The van der Waals surface area contributed by atoms with E-state index in [2.05, 4.69) is 10.6 Å². The number of sulfone groups is 1. The molecule has 1 heterocycles. The summed E-state index contributed by atoms with van der Waals surface area (Å²) in [6, 6.07) is 7.64. The highest BCUT2D eigenvalue weighted by Gasteiger charge is 2.71. The first-order chi connectivity index (χ1) is 17.0. The second kappa shape index (κ2) is 8.71. The van der Waals surface area contributed by atoms with E-state index in [1.807, 2.05) is 6.07 Å². The van der Waals surface area contributed by atoms with E-state index in [0.717, 1.165) is 12.1 Å². The van der Waals surface area contributed by atoms with Crippen molar-refractivity contribution in [2.75, 3.05) is 11.1 Å². The van der Waals surface area contributed by atoms with Gasteiger partial charge in [0.2, 0.25) is 5.91 Å². The number of amides is 1. The third kappa shape index (κ3) is 4.78. The van der Waals surface area contributed by atoms with Gasteiger partial charge < -0.3 is 10.4 Å². The summed E-state index contributed by atoms with van der Waals surface area (Å²) in [5, 5.41) is 23.9. The number of alkyl halides is 6. The molecule has 1 amide bonds. The molecule has 7 nitrogen and oxygen atoms in total. The van der Waals surface area contributed by atoms with Crippen LogP contribution in [0.15, 0.2) is 47.4 Å². The topological polar surface area (TPSA) is 119 Å². The van der Waals surface area contributed by atoms with Gasteiger partial charge in [-0.2, -0.15) is 31.6 Å². The number of fused-ring (bicyclic) bond motifs is 1. The number of hydrogen-bond donors (Lipinski definition) is 3. The Morgan fingerprint density at radius 3 is 2.19 bits per heavy atom. The van der Waals surface area contributed by atoms with Crippen LogP contribution in [0.3, 0.4) is 0 Å². The summed E-state index contributed by atoms with van der Waals surface area (Å²) in [5.41, 5.74) is -6.59. The van der Waals surface area contributed by atoms with Gasteiger partial charge in [0.05, 0.1) is 22.1 Å². The summed E-state index contributed by atoms with van der Waals surface area (Å²) in [6.45, 7) is 0.128. The first-order valence-electron chi connectivity index (χ1n) is 10.8. The van der Waals surface area contributed by atoms with Crippen molar-refractivity contribution in [1.29, 1.82) is 5.26 Å². The minimum absolute atomic E-state index is 0.00744. The van der Waals surface area contributed by atoms with E-state index in [1.54, 1.807) is 0 Å². The Bertz CT molecular complexity index is 1360. The van der Waals surface area contributed by atoms with Crippen LogP contribution in [0.4, 0.5) is 32.0 Å². The van der Waals surface area contributed by atoms with Crippen molar-refractivity contribution in [2.24, 2.45) is 5.41 Å². The predicted octanol–water partition coefficient (Wildman–Crippen LogP) is 3.86. The standard InChI is InChI=1S/C23H19F6N3O4S/c24-22(25,26)21(34,23(27,28)29)14-1-3-15(4-2-14)32-19(33)18-17-6-5-16(9-13(17)10-31-18)37(35,36)12-20(11-30)7-8-20/h1-6,9,18,31,34H,7-8,10,12H2,(H,32,33). The lowest BCUT2D eigenvalue weighted by Gasteiger charge is -2.32. The molecule has 1 unspecified atom stereocenters. The van der Waals surface area contributed by atoms with Gasteiger partial charge in [0.1, 0.15) is 6.04 Å². The Balaban J connectivity index is 1.50. The SMILES string of the molecule is N#CC1(CS(=O)(=O)c2ccc3c(c2)CNC3C(=O)Nc2ccc(C(O)(C(F)(F)F)C(F)(F)F)cc2)CC1. The number of nitriles is 1. The van der Waals surface area contributed by atoms with Gasteiger partial charge in [-0.05, 0) is 48.2 Å². The molecule has 14 heteroatoms. The van der Waals surface area contributed by atoms with Crippen LogP contribution in [0.5, 0.6) is 0 Å². The van der Waals surface area contributed by atoms with E-state index in [1.165, 1.54) is 18.2 Å². The molecular weight excluding hydrogens is 528 g/mol. The molecule has 0 radical (unpaired) electrons. The maximum Gasteiger partial charge on any atom is 0.430 e. The number of hydrogen-bond acceptors (Lipinski definition) is 6. The second-order valence-electron chi connectivity index (χ2n) is 9.10. The summed E-state index contributed by atoms with van der Waals surface area (Å²) in [4.78, 5) is 12.8. The molecule has 198 valence electrons. The highest BCUT2D eigenvalue weighted by molar-refractivity contribution is 7.91. The number of anilines is 1. The fraction of sp³-hybridized carbons (Fsp3) is 0.391. The van der Waals surface area contributed by atoms with Gasteiger partial charge in [-0.25, -0.2) is 8.42 Å². The molecule has 1 aliphatic heterocycles. The molecule has 1 aliphatic carbocycles. The fourth-order valence-electron chi connectivity index (χ4n) is 4.15. The normalized spacial score (nSPS) is 19.1. The van der Waals surface area contributed by atoms with Crippen LogP contribution >= 0.6 is 0 Å². The molecular formula is C23H19F6N3O4S. The minimum Gasteiger partial charge on any atom is -0.369 e. The van der Waals surface area contributed by atoms with E-state index >= 15 is 0 Å². The lowest BCUT2D eigenvalue weighted by molar-refractivity contribution is -0.376. The average Bonchev–Trinajstić information content (AvgIpc) is 3.43. The van der Waals surface area contributed by atoms with Crippen LogP contribution < -0.4 is 10.6 Å². The van der Waals surface area contributed by atoms with E-state index < -0.39 is 50.7 Å². The van der Waals surface area contributed by atoms with Crippen molar-refractivity contribution in [3.8, 4) is 6.07 Å². The van der Waals surface area contributed by atoms with Crippen molar-refractivity contribution in [3.63, 3.8) is 0 Å². The maximum atomic E-state index is 13.0. The summed E-state index contributed by atoms with van der Waals surface area (Å²) in [5.74, 6) is -0.995. The van der Waals surface area contributed by atoms with Gasteiger partial charge in [0, 0.05) is 17.8 Å². The van der Waals surface area contributed by atoms with Crippen molar-refractivity contribution < 1.29 is 44.7 Å². The summed E-state index contributed by atoms with van der Waals surface area (Å²) in [6.07, 6.45) is -11.1. The molecule has 0 saturated heterocycles. The monoisotopic (exact) mass is 547 g/mol. The molecule has 1 saturated carbocycles. The lowest BCUT2D eigenvalue weighted by Crippen LogP contribution is -2.53. The van der Waals surface area contributed by atoms with Gasteiger partial charge in [0.25, 0.3) is 5.60 Å². The van der Waals surface area contributed by atoms with Gasteiger partial charge in [-0.1, -0.05) is 18.2 Å². The van der Waals surface area contributed by atoms with Crippen LogP contribution in [0.2, 0.25) is 0 Å². The van der Waals surface area contributed by atoms with Crippen molar-refractivity contribution >= 4 is 21.4 Å². The molecule has 0 spiro atoms. The molecule has 0 bridgehead atoms. The van der Waals surface area contributed by atoms with Crippen LogP contribution in [-0.2, 0) is 26.8 Å². The number of carbonyl (C=O) groups excluding carboxylic acids is 1. The van der Waals surface area contributed by atoms with Crippen LogP contribution in [0, 0.1) is 16.7 Å². The highest BCUT2D eigenvalue weighted by Crippen LogP contribution is 2.50. The van der Waals surface area contributed by atoms with Crippen LogP contribution in [0.25, 0.3) is 0 Å². The summed E-state index contributed by atoms with van der Waals surface area (Å²) >= 11 is 0. The van der Waals surface area contributed by atoms with E-state index in [4.69, 9.17) is 0 Å². The minimum atomic E-state index is -6.03. The number of benzene rings is 2. The Labute approximate surface area is 207 Å². The maximum absolute atomic E-state index is 13.0. The molecule has 2 aliphatic rings. The molecule has 37 heavy (non-hydrogen) atoms. The third-order valence-electron chi connectivity index (χ3n) is 6.49. The van der Waals surface area contributed by atoms with Crippen molar-refractivity contribution in [1.82, 2.24) is 5.32 Å². The first-order valence-corrected chi connectivity index (χ1v) is 12.5. The van der Waals surface area contributed by atoms with Gasteiger partial charge in [-0.3, -0.25) is 10.1 Å². The number of carbonyl (C=O) groups is 1. The summed E-state index contributed by atoms with van der Waals surface area (Å²) in [7, 11) is -3.74. The zero-order valence-corrected chi connectivity index (χ0v) is 19.6. The Kier molecular flexibility index (Phi) is 6.33. The molecule has 2 aromatic carbocycles. The molecule has 1 fully saturated rings.